The molecule has 0 spiro atoms. The average molecular weight is 424 g/mol. The molecule has 0 radical (unpaired) electrons. The number of hydrogen-bond donors (Lipinski definition) is 1. The quantitative estimate of drug-likeness (QED) is 0.738. The second-order valence-corrected chi connectivity index (χ2v) is 6.99. The lowest BCUT2D eigenvalue weighted by Crippen LogP contribution is -2.50. The summed E-state index contributed by atoms with van der Waals surface area (Å²) in [6, 6.07) is 4.61. The third kappa shape index (κ3) is 5.38. The van der Waals surface area contributed by atoms with Gasteiger partial charge < -0.3 is 24.6 Å². The molecule has 10 heteroatoms. The normalized spacial score (nSPS) is 18.7. The van der Waals surface area contributed by atoms with Crippen LogP contribution in [0.4, 0.5) is 20.6 Å². The Kier molecular flexibility index (Phi) is 7.99. The van der Waals surface area contributed by atoms with Crippen LogP contribution in [-0.4, -0.2) is 81.9 Å². The zero-order chi connectivity index (χ0) is 21.0. The van der Waals surface area contributed by atoms with Gasteiger partial charge in [0, 0.05) is 40.2 Å². The van der Waals surface area contributed by atoms with Crippen molar-refractivity contribution in [2.75, 3.05) is 62.8 Å². The minimum absolute atomic E-state index is 0. The van der Waals surface area contributed by atoms with E-state index in [2.05, 4.69) is 5.32 Å². The van der Waals surface area contributed by atoms with Crippen LogP contribution in [0, 0.1) is 5.82 Å². The number of nitrogens with zero attached hydrogens (tertiary/aromatic N) is 3. The molecular formula is C20H29FN4O5. The number of benzene rings is 1. The molecule has 9 nitrogen and oxygen atoms in total. The van der Waals surface area contributed by atoms with E-state index in [4.69, 9.17) is 9.47 Å². The summed E-state index contributed by atoms with van der Waals surface area (Å²) in [5.74, 6) is -0.736. The molecule has 1 N–H and O–H groups in total. The molecule has 2 saturated heterocycles. The Bertz CT molecular complexity index is 782. The van der Waals surface area contributed by atoms with E-state index in [-0.39, 0.29) is 38.9 Å². The third-order valence-electron chi connectivity index (χ3n) is 4.94. The first-order chi connectivity index (χ1) is 13.9. The van der Waals surface area contributed by atoms with Gasteiger partial charge in [-0.2, -0.15) is 0 Å². The van der Waals surface area contributed by atoms with Crippen LogP contribution in [0.1, 0.15) is 14.4 Å². The number of carbonyl (C=O) groups excluding carboxylic acids is 3. The molecule has 0 aromatic heterocycles. The molecule has 0 unspecified atom stereocenters. The van der Waals surface area contributed by atoms with E-state index in [1.165, 1.54) is 25.0 Å². The number of cyclic esters (lactones) is 1. The Labute approximate surface area is 175 Å². The highest BCUT2D eigenvalue weighted by Gasteiger charge is 2.33. The molecule has 3 amide bonds. The topological polar surface area (TPSA) is 91.4 Å². The molecule has 0 saturated carbocycles. The van der Waals surface area contributed by atoms with Crippen molar-refractivity contribution in [1.29, 1.82) is 0 Å². The Morgan fingerprint density at radius 3 is 2.57 bits per heavy atom. The molecule has 0 aliphatic carbocycles. The largest absolute Gasteiger partial charge is 0.442 e. The number of carbonyl (C=O) groups is 3. The van der Waals surface area contributed by atoms with E-state index in [1.54, 1.807) is 17.0 Å². The van der Waals surface area contributed by atoms with Crippen molar-refractivity contribution in [3.05, 3.63) is 24.0 Å². The third-order valence-corrected chi connectivity index (χ3v) is 4.94. The molecule has 3 rings (SSSR count). The monoisotopic (exact) mass is 424 g/mol. The van der Waals surface area contributed by atoms with Crippen molar-refractivity contribution < 1.29 is 28.2 Å². The number of anilines is 2. The van der Waals surface area contributed by atoms with Crippen molar-refractivity contribution in [1.82, 2.24) is 10.2 Å². The van der Waals surface area contributed by atoms with Gasteiger partial charge in [0.15, 0.2) is 0 Å². The summed E-state index contributed by atoms with van der Waals surface area (Å²) < 4.78 is 24.8. The van der Waals surface area contributed by atoms with Crippen LogP contribution >= 0.6 is 0 Å². The first-order valence-electron chi connectivity index (χ1n) is 9.43. The predicted octanol–water partition coefficient (Wildman–Crippen LogP) is 1.22. The van der Waals surface area contributed by atoms with Gasteiger partial charge in [0.2, 0.25) is 11.8 Å². The fourth-order valence-electron chi connectivity index (χ4n) is 3.43. The number of piperazine rings is 1. The summed E-state index contributed by atoms with van der Waals surface area (Å²) in [5.41, 5.74) is 0.824. The number of amides is 3. The highest BCUT2D eigenvalue weighted by Crippen LogP contribution is 2.28. The van der Waals surface area contributed by atoms with E-state index in [0.717, 1.165) is 0 Å². The summed E-state index contributed by atoms with van der Waals surface area (Å²) >= 11 is 0. The van der Waals surface area contributed by atoms with E-state index in [9.17, 15) is 18.8 Å². The summed E-state index contributed by atoms with van der Waals surface area (Å²) in [4.78, 5) is 39.9. The van der Waals surface area contributed by atoms with Crippen LogP contribution < -0.4 is 15.1 Å². The fraction of sp³-hybridized carbons (Fsp3) is 0.550. The second kappa shape index (κ2) is 10.2. The summed E-state index contributed by atoms with van der Waals surface area (Å²) in [6.45, 7) is 3.88. The fourth-order valence-corrected chi connectivity index (χ4v) is 3.43. The summed E-state index contributed by atoms with van der Waals surface area (Å²) in [5, 5.41) is 2.60. The van der Waals surface area contributed by atoms with Crippen LogP contribution in [0.2, 0.25) is 0 Å². The maximum absolute atomic E-state index is 14.8. The van der Waals surface area contributed by atoms with Gasteiger partial charge in [-0.05, 0) is 18.2 Å². The molecule has 2 fully saturated rings. The van der Waals surface area contributed by atoms with Crippen molar-refractivity contribution in [3.8, 4) is 0 Å². The van der Waals surface area contributed by atoms with Gasteiger partial charge in [0.05, 0.1) is 24.5 Å². The van der Waals surface area contributed by atoms with E-state index < -0.39 is 18.0 Å². The van der Waals surface area contributed by atoms with Crippen LogP contribution in [0.3, 0.4) is 0 Å². The maximum atomic E-state index is 14.8. The Morgan fingerprint density at radius 1 is 1.27 bits per heavy atom. The summed E-state index contributed by atoms with van der Waals surface area (Å²) in [7, 11) is 1.48. The van der Waals surface area contributed by atoms with Crippen LogP contribution in [0.5, 0.6) is 0 Å². The zero-order valence-corrected chi connectivity index (χ0v) is 16.5. The highest BCUT2D eigenvalue weighted by molar-refractivity contribution is 5.90. The lowest BCUT2D eigenvalue weighted by Gasteiger charge is -2.36. The number of ether oxygens (including phenoxy) is 2. The molecule has 1 aromatic carbocycles. The predicted molar refractivity (Wildman–Crippen MR) is 110 cm³/mol. The minimum Gasteiger partial charge on any atom is -0.442 e. The van der Waals surface area contributed by atoms with Crippen molar-refractivity contribution in [2.24, 2.45) is 0 Å². The molecule has 1 atom stereocenters. The number of methoxy groups -OCH3 is 1. The van der Waals surface area contributed by atoms with Crippen LogP contribution in [-0.2, 0) is 19.1 Å². The van der Waals surface area contributed by atoms with Crippen LogP contribution in [0.25, 0.3) is 0 Å². The van der Waals surface area contributed by atoms with E-state index >= 15 is 0 Å². The Balaban J connectivity index is 0.00000320. The molecule has 30 heavy (non-hydrogen) atoms. The van der Waals surface area contributed by atoms with Gasteiger partial charge in [-0.25, -0.2) is 9.18 Å². The lowest BCUT2D eigenvalue weighted by molar-refractivity contribution is -0.135. The first kappa shape index (κ1) is 23.4. The number of rotatable bonds is 6. The molecule has 2 aliphatic heterocycles. The number of hydrogen-bond acceptors (Lipinski definition) is 6. The molecule has 2 aliphatic rings. The van der Waals surface area contributed by atoms with Gasteiger partial charge in [0.1, 0.15) is 18.5 Å². The number of halogens is 1. The Hall–Kier alpha value is -2.88. The van der Waals surface area contributed by atoms with Crippen molar-refractivity contribution >= 4 is 29.3 Å². The zero-order valence-electron chi connectivity index (χ0n) is 16.5. The average Bonchev–Trinajstić information content (AvgIpc) is 3.07. The Morgan fingerprint density at radius 2 is 1.97 bits per heavy atom. The number of nitrogens with one attached hydrogen (secondary N) is 1. The van der Waals surface area contributed by atoms with E-state index in [0.29, 0.717) is 37.6 Å². The van der Waals surface area contributed by atoms with Gasteiger partial charge in [-0.3, -0.25) is 14.5 Å². The molecule has 0 bridgehead atoms. The standard InChI is InChI=1S/C19H25FN4O5.CH4/c1-13(25)21-10-15-11-24(19(27)29-15)14-3-4-17(16(20)9-14)22-5-7-23(8-6-22)18(26)12-28-2;/h3-4,9,15H,5-8,10-12H2,1-2H3,(H,21,25);1H4/t15-;/m0./s1. The van der Waals surface area contributed by atoms with Gasteiger partial charge in [0.25, 0.3) is 0 Å². The van der Waals surface area contributed by atoms with E-state index in [1.807, 2.05) is 4.90 Å². The van der Waals surface area contributed by atoms with Crippen LogP contribution in [0.15, 0.2) is 18.2 Å². The molecule has 2 heterocycles. The van der Waals surface area contributed by atoms with Gasteiger partial charge in [-0.1, -0.05) is 7.43 Å². The molecule has 1 aromatic rings. The lowest BCUT2D eigenvalue weighted by atomic mass is 10.2. The van der Waals surface area contributed by atoms with Gasteiger partial charge in [-0.15, -0.1) is 0 Å². The van der Waals surface area contributed by atoms with Crippen molar-refractivity contribution in [2.45, 2.75) is 20.5 Å². The highest BCUT2D eigenvalue weighted by atomic mass is 19.1. The SMILES string of the molecule is C.COCC(=O)N1CCN(c2ccc(N3C[C@H](CNC(C)=O)OC3=O)cc2F)CC1. The molecular weight excluding hydrogens is 395 g/mol. The summed E-state index contributed by atoms with van der Waals surface area (Å²) in [6.07, 6.45) is -1.05. The van der Waals surface area contributed by atoms with Crippen molar-refractivity contribution in [3.63, 3.8) is 0 Å². The molecule has 166 valence electrons. The first-order valence-corrected chi connectivity index (χ1v) is 9.43. The van der Waals surface area contributed by atoms with Gasteiger partial charge >= 0.3 is 6.09 Å². The smallest absolute Gasteiger partial charge is 0.414 e. The maximum Gasteiger partial charge on any atom is 0.414 e. The second-order valence-electron chi connectivity index (χ2n) is 6.99. The minimum atomic E-state index is -0.572.